The van der Waals surface area contributed by atoms with Crippen LogP contribution in [-0.2, 0) is 0 Å². The van der Waals surface area contributed by atoms with Crippen molar-refractivity contribution < 1.29 is 0 Å². The number of aromatic nitrogens is 2. The lowest BCUT2D eigenvalue weighted by molar-refractivity contribution is 0.155. The molecule has 0 amide bonds. The van der Waals surface area contributed by atoms with E-state index in [0.29, 0.717) is 0 Å². The topological polar surface area (TPSA) is 38.7 Å². The van der Waals surface area contributed by atoms with Gasteiger partial charge in [-0.2, -0.15) is 0 Å². The maximum atomic E-state index is 4.17. The maximum Gasteiger partial charge on any atom is 0.125 e. The number of benzene rings is 5. The highest BCUT2D eigenvalue weighted by Gasteiger charge is 2.29. The zero-order valence-corrected chi connectivity index (χ0v) is 89.9. The number of anilines is 1. The van der Waals surface area contributed by atoms with E-state index < -0.39 is 0 Å². The van der Waals surface area contributed by atoms with Crippen molar-refractivity contribution in [2.75, 3.05) is 78.4 Å². The lowest BCUT2D eigenvalue weighted by atomic mass is 9.70. The van der Waals surface area contributed by atoms with E-state index >= 15 is 0 Å². The van der Waals surface area contributed by atoms with Gasteiger partial charge >= 0.3 is 0 Å². The number of hydrogen-bond acceptors (Lipinski definition) is 10. The van der Waals surface area contributed by atoms with Crippen LogP contribution < -0.4 is 4.90 Å². The minimum atomic E-state index is 0.806. The quantitative estimate of drug-likeness (QED) is 0.165. The Bertz CT molecular complexity index is 3880. The first-order valence-corrected chi connectivity index (χ1v) is 52.1. The van der Waals surface area contributed by atoms with Gasteiger partial charge in [0.25, 0.3) is 0 Å². The van der Waals surface area contributed by atoms with Gasteiger partial charge in [-0.3, -0.25) is 0 Å². The summed E-state index contributed by atoms with van der Waals surface area (Å²) in [5, 5.41) is 0. The third-order valence-electron chi connectivity index (χ3n) is 22.2. The van der Waals surface area contributed by atoms with Crippen molar-refractivity contribution in [2.45, 2.75) is 339 Å². The highest BCUT2D eigenvalue weighted by molar-refractivity contribution is 7.30. The number of likely N-dealkylation sites (N-methyl/N-ethyl adjacent to an activating group) is 3. The standard InChI is InChI=1S/2C16H16S2.C14H26.C14H20.C12H18N2.C12H12N2.C6H14N2.11C2H6/c1-9-5-7-13(8-6-9)14-11(3)16-15(18-14)10(2)12(4)17-16;1-9-5-7-13(8-6-9)14-12(4)18-15-10(2)11(3)17-16(14)15;2*1-11-3-7-13(8-4-11)14-9-5-12(2)6-10-14;1-11-3-5-12(6-4-11)14-9-7-13(2)8-10-14;1-9-3-5-11(6-4-9)12-7-13-10(2)14-8-12;1-7-3-5-8(2)6-4-7;11*1-2/h2*5-8H,1-4H3;11-14H,3-10H2,1-2H3;3-4,7-8,12,14H,5-6,9-10H2,1-2H3;3-6H,7-10H2,1-2H3;3-8H,1-2H3;3-6H2,1-2H3;11*1-2H3. The molecule has 10 aromatic rings. The predicted molar refractivity (Wildman–Crippen MR) is 570 cm³/mol. The molecule has 5 aromatic carbocycles. The molecule has 0 radical (unpaired) electrons. The third-order valence-corrected chi connectivity index (χ3v) is 27.7. The van der Waals surface area contributed by atoms with Crippen LogP contribution in [0.4, 0.5) is 5.69 Å². The SMILES string of the molecule is CC.CC.CC.CC.CC.CC.CC.CC.CC.CC.CC.CC1CCC(C2CCC(C)CC2)CC1.CN1CCN(C)CC1.Cc1ccc(-c2c(C)sc3c(C)c(C)sc23)cc1.Cc1ccc(-c2cnc(C)nc2)cc1.Cc1ccc(-c2sc3c(C)c(C)sc3c2C)cc1.Cc1ccc(C2CCC(C)CC2)cc1.Cc1ccc(N2CCN(C)CC2)cc1. The second kappa shape index (κ2) is 72.2. The van der Waals surface area contributed by atoms with E-state index in [9.17, 15) is 0 Å². The summed E-state index contributed by atoms with van der Waals surface area (Å²) in [4.78, 5) is 23.7. The van der Waals surface area contributed by atoms with Crippen LogP contribution in [0.5, 0.6) is 0 Å². The molecule has 3 saturated carbocycles. The molecule has 2 saturated heterocycles. The molecule has 5 fully saturated rings. The average molecular weight is 1750 g/mol. The molecule has 0 bridgehead atoms. The molecule has 0 spiro atoms. The van der Waals surface area contributed by atoms with Gasteiger partial charge in [-0.15, -0.1) is 45.3 Å². The average Bonchev–Trinajstić information content (AvgIpc) is 1.62. The number of aryl methyl sites for hydroxylation is 12. The largest absolute Gasteiger partial charge is 0.369 e. The van der Waals surface area contributed by atoms with Crippen molar-refractivity contribution >= 4 is 69.8 Å². The van der Waals surface area contributed by atoms with Gasteiger partial charge in [0.2, 0.25) is 0 Å². The Hall–Kier alpha value is -5.82. The van der Waals surface area contributed by atoms with Crippen molar-refractivity contribution in [1.82, 2.24) is 24.7 Å². The van der Waals surface area contributed by atoms with Gasteiger partial charge in [0.05, 0.1) is 4.70 Å². The zero-order valence-electron chi connectivity index (χ0n) is 86.6. The van der Waals surface area contributed by atoms with Gasteiger partial charge in [0.1, 0.15) is 5.82 Å². The first kappa shape index (κ1) is 120. The lowest BCUT2D eigenvalue weighted by Crippen LogP contribution is -2.44. The summed E-state index contributed by atoms with van der Waals surface area (Å²) in [5.41, 5.74) is 20.3. The number of nitrogens with zero attached hydrogens (tertiary/aromatic N) is 6. The Morgan fingerprint density at radius 3 is 0.902 bits per heavy atom. The molecular formula is C112H188N6S4. The molecular weight excluding hydrogens is 1560 g/mol. The van der Waals surface area contributed by atoms with Gasteiger partial charge in [0, 0.05) is 115 Å². The molecule has 0 atom stereocenters. The third kappa shape index (κ3) is 43.1. The highest BCUT2D eigenvalue weighted by atomic mass is 32.1. The molecule has 3 aliphatic carbocycles. The Morgan fingerprint density at radius 1 is 0.270 bits per heavy atom. The zero-order chi connectivity index (χ0) is 93.6. The monoisotopic (exact) mass is 1750 g/mol. The normalized spacial score (nSPS) is 17.2. The summed E-state index contributed by atoms with van der Waals surface area (Å²) in [6.45, 7) is 86.8. The van der Waals surface area contributed by atoms with E-state index in [1.807, 2.05) is 217 Å². The first-order chi connectivity index (χ1) is 59.0. The van der Waals surface area contributed by atoms with Crippen LogP contribution in [0.1, 0.15) is 327 Å². The fourth-order valence-electron chi connectivity index (χ4n) is 14.5. The Morgan fingerprint density at radius 2 is 0.549 bits per heavy atom. The van der Waals surface area contributed by atoms with Crippen molar-refractivity contribution in [3.8, 4) is 32.7 Å². The van der Waals surface area contributed by atoms with Crippen LogP contribution in [0.25, 0.3) is 51.5 Å². The van der Waals surface area contributed by atoms with Gasteiger partial charge in [-0.1, -0.05) is 349 Å². The van der Waals surface area contributed by atoms with E-state index in [0.717, 1.165) is 65.5 Å². The Balaban J connectivity index is -0.00000131. The van der Waals surface area contributed by atoms with Crippen molar-refractivity contribution in [2.24, 2.45) is 29.6 Å². The summed E-state index contributed by atoms with van der Waals surface area (Å²) in [6.07, 6.45) is 21.5. The first-order valence-electron chi connectivity index (χ1n) is 48.9. The smallest absolute Gasteiger partial charge is 0.125 e. The van der Waals surface area contributed by atoms with Gasteiger partial charge in [0.15, 0.2) is 0 Å². The Kier molecular flexibility index (Phi) is 71.2. The van der Waals surface area contributed by atoms with E-state index in [2.05, 4.69) is 269 Å². The van der Waals surface area contributed by atoms with E-state index in [4.69, 9.17) is 0 Å². The van der Waals surface area contributed by atoms with Crippen LogP contribution in [-0.4, -0.2) is 98.2 Å². The molecule has 122 heavy (non-hydrogen) atoms. The summed E-state index contributed by atoms with van der Waals surface area (Å²) < 4.78 is 5.90. The van der Waals surface area contributed by atoms with Gasteiger partial charge in [-0.05, 0) is 229 Å². The van der Waals surface area contributed by atoms with Crippen LogP contribution in [0, 0.1) is 113 Å². The Labute approximate surface area is 772 Å². The van der Waals surface area contributed by atoms with E-state index in [-0.39, 0.29) is 0 Å². The van der Waals surface area contributed by atoms with Crippen LogP contribution in [0.15, 0.2) is 134 Å². The van der Waals surface area contributed by atoms with Gasteiger partial charge < -0.3 is 19.6 Å². The number of hydrogen-bond donors (Lipinski definition) is 0. The van der Waals surface area contributed by atoms with Gasteiger partial charge in [-0.25, -0.2) is 9.97 Å². The summed E-state index contributed by atoms with van der Waals surface area (Å²) in [7, 11) is 6.53. The molecule has 690 valence electrons. The fraction of sp³-hybridized carbons (Fsp3) is 0.589. The minimum absolute atomic E-state index is 0.806. The van der Waals surface area contributed by atoms with E-state index in [1.165, 1.54) is 196 Å². The maximum absolute atomic E-state index is 4.17. The molecule has 0 N–H and O–H groups in total. The second-order valence-corrected chi connectivity index (χ2v) is 35.4. The molecule has 2 aliphatic heterocycles. The molecule has 7 heterocycles. The molecule has 6 nitrogen and oxygen atoms in total. The van der Waals surface area contributed by atoms with Crippen molar-refractivity contribution in [3.63, 3.8) is 0 Å². The van der Waals surface area contributed by atoms with Crippen molar-refractivity contribution in [3.05, 3.63) is 204 Å². The molecule has 5 aliphatic rings. The molecule has 0 unspecified atom stereocenters. The predicted octanol–water partition coefficient (Wildman–Crippen LogP) is 36.3. The molecule has 10 heteroatoms. The summed E-state index contributed by atoms with van der Waals surface area (Å²) in [5.74, 6) is 6.87. The second-order valence-electron chi connectivity index (χ2n) is 30.7. The van der Waals surface area contributed by atoms with Crippen LogP contribution >= 0.6 is 45.3 Å². The molecule has 15 rings (SSSR count). The fourth-order valence-corrected chi connectivity index (χ4v) is 19.9. The number of fused-ring (bicyclic) bond motifs is 2. The van der Waals surface area contributed by atoms with Crippen LogP contribution in [0.3, 0.4) is 0 Å². The summed E-state index contributed by atoms with van der Waals surface area (Å²) >= 11 is 7.75. The highest BCUT2D eigenvalue weighted by Crippen LogP contribution is 2.47. The van der Waals surface area contributed by atoms with E-state index in [1.54, 1.807) is 31.2 Å². The number of piperazine rings is 2. The minimum Gasteiger partial charge on any atom is -0.369 e. The van der Waals surface area contributed by atoms with Crippen LogP contribution in [0.2, 0.25) is 0 Å². The number of rotatable bonds is 6. The molecule has 5 aromatic heterocycles. The van der Waals surface area contributed by atoms with Crippen molar-refractivity contribution in [1.29, 1.82) is 0 Å². The number of thiophene rings is 4. The lowest BCUT2D eigenvalue weighted by Gasteiger charge is -2.36. The summed E-state index contributed by atoms with van der Waals surface area (Å²) in [6, 6.07) is 44.0.